The summed E-state index contributed by atoms with van der Waals surface area (Å²) in [7, 11) is -1.48. The van der Waals surface area contributed by atoms with Gasteiger partial charge in [-0.25, -0.2) is 18.4 Å². The second kappa shape index (κ2) is 6.44. The fraction of sp³-hybridized carbons (Fsp3) is 0.588. The second-order valence-corrected chi connectivity index (χ2v) is 9.30. The van der Waals surface area contributed by atoms with Crippen LogP contribution in [0.25, 0.3) is 11.0 Å². The van der Waals surface area contributed by atoms with Crippen molar-refractivity contribution in [2.45, 2.75) is 36.9 Å². The number of H-pyrrole nitrogens is 1. The van der Waals surface area contributed by atoms with Crippen molar-refractivity contribution in [1.82, 2.24) is 19.3 Å². The van der Waals surface area contributed by atoms with E-state index in [0.717, 1.165) is 16.9 Å². The van der Waals surface area contributed by atoms with Crippen LogP contribution in [0.3, 0.4) is 0 Å². The standard InChI is InChI=1S/C17H22N6O3S/c1-22(16-14-3-6-19-15(14)20-11-21-16)12-7-13(8-12)23(27(2,24)25)17(4-5-18)9-26-10-17/h3,6,11-13H,4,7-10H2,1-2H3,(H,19,20,21). The molecule has 27 heavy (non-hydrogen) atoms. The van der Waals surface area contributed by atoms with Crippen LogP contribution >= 0.6 is 0 Å². The van der Waals surface area contributed by atoms with E-state index in [0.29, 0.717) is 12.8 Å². The molecular formula is C17H22N6O3S. The molecule has 1 saturated carbocycles. The molecule has 1 aliphatic carbocycles. The van der Waals surface area contributed by atoms with E-state index >= 15 is 0 Å². The number of nitrogens with one attached hydrogen (secondary N) is 1. The minimum Gasteiger partial charge on any atom is -0.377 e. The second-order valence-electron chi connectivity index (χ2n) is 7.44. The molecule has 2 aliphatic rings. The Morgan fingerprint density at radius 3 is 2.70 bits per heavy atom. The molecule has 2 aromatic heterocycles. The lowest BCUT2D eigenvalue weighted by Crippen LogP contribution is -2.69. The van der Waals surface area contributed by atoms with Crippen molar-refractivity contribution in [3.8, 4) is 6.07 Å². The first-order valence-corrected chi connectivity index (χ1v) is 10.7. The van der Waals surface area contributed by atoms with Crippen LogP contribution in [0, 0.1) is 11.3 Å². The number of aromatic amines is 1. The minimum atomic E-state index is -3.45. The highest BCUT2D eigenvalue weighted by Crippen LogP contribution is 2.41. The fourth-order valence-electron chi connectivity index (χ4n) is 4.18. The molecule has 1 saturated heterocycles. The lowest BCUT2D eigenvalue weighted by molar-refractivity contribution is -0.126. The maximum absolute atomic E-state index is 12.5. The number of hydrogen-bond acceptors (Lipinski definition) is 7. The van der Waals surface area contributed by atoms with Crippen LogP contribution in [-0.2, 0) is 14.8 Å². The third kappa shape index (κ3) is 2.96. The first-order chi connectivity index (χ1) is 12.9. The Balaban J connectivity index is 1.53. The van der Waals surface area contributed by atoms with Crippen LogP contribution in [-0.4, -0.2) is 71.8 Å². The average molecular weight is 390 g/mol. The topological polar surface area (TPSA) is 115 Å². The van der Waals surface area contributed by atoms with Gasteiger partial charge in [0.15, 0.2) is 0 Å². The molecule has 3 heterocycles. The summed E-state index contributed by atoms with van der Waals surface area (Å²) >= 11 is 0. The highest BCUT2D eigenvalue weighted by molar-refractivity contribution is 7.88. The number of aromatic nitrogens is 3. The van der Waals surface area contributed by atoms with Crippen LogP contribution in [0.15, 0.2) is 18.6 Å². The molecule has 1 aliphatic heterocycles. The molecule has 0 aromatic carbocycles. The van der Waals surface area contributed by atoms with E-state index in [-0.39, 0.29) is 31.7 Å². The van der Waals surface area contributed by atoms with Gasteiger partial charge in [0.25, 0.3) is 0 Å². The summed E-state index contributed by atoms with van der Waals surface area (Å²) in [6.45, 7) is 0.557. The number of anilines is 1. The summed E-state index contributed by atoms with van der Waals surface area (Å²) in [5.74, 6) is 0.828. The normalized spacial score (nSPS) is 24.2. The van der Waals surface area contributed by atoms with E-state index in [1.165, 1.54) is 16.9 Å². The largest absolute Gasteiger partial charge is 0.377 e. The van der Waals surface area contributed by atoms with Crippen molar-refractivity contribution >= 4 is 26.9 Å². The monoisotopic (exact) mass is 390 g/mol. The van der Waals surface area contributed by atoms with E-state index in [1.807, 2.05) is 19.3 Å². The summed E-state index contributed by atoms with van der Waals surface area (Å²) < 4.78 is 31.8. The molecule has 144 valence electrons. The number of nitrogens with zero attached hydrogens (tertiary/aromatic N) is 5. The molecule has 2 fully saturated rings. The average Bonchev–Trinajstić information content (AvgIpc) is 3.01. The predicted molar refractivity (Wildman–Crippen MR) is 99.6 cm³/mol. The molecule has 0 radical (unpaired) electrons. The van der Waals surface area contributed by atoms with Crippen molar-refractivity contribution in [2.75, 3.05) is 31.4 Å². The van der Waals surface area contributed by atoms with Gasteiger partial charge in [-0.3, -0.25) is 0 Å². The highest BCUT2D eigenvalue weighted by atomic mass is 32.2. The van der Waals surface area contributed by atoms with Gasteiger partial charge in [-0.2, -0.15) is 9.57 Å². The Bertz CT molecular complexity index is 988. The van der Waals surface area contributed by atoms with Gasteiger partial charge in [0.05, 0.1) is 42.9 Å². The van der Waals surface area contributed by atoms with Crippen molar-refractivity contribution in [1.29, 1.82) is 5.26 Å². The van der Waals surface area contributed by atoms with Gasteiger partial charge < -0.3 is 14.6 Å². The Kier molecular flexibility index (Phi) is 4.33. The zero-order chi connectivity index (χ0) is 19.2. The van der Waals surface area contributed by atoms with E-state index in [1.54, 1.807) is 0 Å². The maximum atomic E-state index is 12.5. The van der Waals surface area contributed by atoms with Gasteiger partial charge in [0, 0.05) is 25.3 Å². The Morgan fingerprint density at radius 2 is 2.11 bits per heavy atom. The van der Waals surface area contributed by atoms with Gasteiger partial charge in [-0.05, 0) is 18.9 Å². The summed E-state index contributed by atoms with van der Waals surface area (Å²) in [6, 6.07) is 4.11. The number of hydrogen-bond donors (Lipinski definition) is 1. The first kappa shape index (κ1) is 18.2. The molecule has 0 spiro atoms. The van der Waals surface area contributed by atoms with E-state index in [2.05, 4.69) is 25.9 Å². The van der Waals surface area contributed by atoms with Crippen LogP contribution in [0.1, 0.15) is 19.3 Å². The lowest BCUT2D eigenvalue weighted by atomic mass is 9.81. The van der Waals surface area contributed by atoms with E-state index in [4.69, 9.17) is 4.74 Å². The zero-order valence-electron chi connectivity index (χ0n) is 15.3. The number of ether oxygens (including phenoxy) is 1. The van der Waals surface area contributed by atoms with Crippen LogP contribution < -0.4 is 4.90 Å². The van der Waals surface area contributed by atoms with Gasteiger partial charge in [0.2, 0.25) is 10.0 Å². The van der Waals surface area contributed by atoms with Crippen LogP contribution in [0.5, 0.6) is 0 Å². The van der Waals surface area contributed by atoms with Gasteiger partial charge >= 0.3 is 0 Å². The predicted octanol–water partition coefficient (Wildman–Crippen LogP) is 0.869. The number of fused-ring (bicyclic) bond motifs is 1. The van der Waals surface area contributed by atoms with Crippen LogP contribution in [0.4, 0.5) is 5.82 Å². The molecule has 9 nitrogen and oxygen atoms in total. The first-order valence-electron chi connectivity index (χ1n) is 8.81. The SMILES string of the molecule is CN(c1ncnc2[nH]ccc12)C1CC(N(C2(CC#N)COC2)S(C)(=O)=O)C1. The molecule has 4 rings (SSSR count). The lowest BCUT2D eigenvalue weighted by Gasteiger charge is -2.54. The Hall–Kier alpha value is -2.22. The van der Waals surface area contributed by atoms with Crippen LogP contribution in [0.2, 0.25) is 0 Å². The Morgan fingerprint density at radius 1 is 1.37 bits per heavy atom. The Labute approximate surface area is 158 Å². The zero-order valence-corrected chi connectivity index (χ0v) is 16.1. The summed E-state index contributed by atoms with van der Waals surface area (Å²) in [4.78, 5) is 13.8. The molecule has 0 unspecified atom stereocenters. The quantitative estimate of drug-likeness (QED) is 0.778. The molecule has 0 bridgehead atoms. The molecule has 0 amide bonds. The van der Waals surface area contributed by atoms with E-state index in [9.17, 15) is 13.7 Å². The van der Waals surface area contributed by atoms with Crippen molar-refractivity contribution < 1.29 is 13.2 Å². The summed E-state index contributed by atoms with van der Waals surface area (Å²) in [5.41, 5.74) is 0.0550. The number of rotatable bonds is 6. The van der Waals surface area contributed by atoms with Gasteiger partial charge in [-0.1, -0.05) is 0 Å². The minimum absolute atomic E-state index is 0.131. The summed E-state index contributed by atoms with van der Waals surface area (Å²) in [6.07, 6.45) is 6.09. The third-order valence-electron chi connectivity index (χ3n) is 5.61. The van der Waals surface area contributed by atoms with Crippen molar-refractivity contribution in [3.05, 3.63) is 18.6 Å². The third-order valence-corrected chi connectivity index (χ3v) is 7.01. The maximum Gasteiger partial charge on any atom is 0.212 e. The van der Waals surface area contributed by atoms with Crippen molar-refractivity contribution in [2.24, 2.45) is 0 Å². The van der Waals surface area contributed by atoms with Gasteiger partial charge in [0.1, 0.15) is 17.8 Å². The van der Waals surface area contributed by atoms with E-state index < -0.39 is 15.6 Å². The molecule has 2 aromatic rings. The summed E-state index contributed by atoms with van der Waals surface area (Å²) in [5, 5.41) is 10.1. The fourth-order valence-corrected chi connectivity index (χ4v) is 5.77. The molecule has 0 atom stereocenters. The number of nitriles is 1. The molecular weight excluding hydrogens is 368 g/mol. The smallest absolute Gasteiger partial charge is 0.212 e. The highest BCUT2D eigenvalue weighted by Gasteiger charge is 2.54. The van der Waals surface area contributed by atoms with Crippen molar-refractivity contribution in [3.63, 3.8) is 0 Å². The van der Waals surface area contributed by atoms with Gasteiger partial charge in [-0.15, -0.1) is 0 Å². The molecule has 10 heteroatoms. The molecule has 1 N–H and O–H groups in total. The number of sulfonamides is 1.